The minimum absolute atomic E-state index is 0.668. The summed E-state index contributed by atoms with van der Waals surface area (Å²) in [5.74, 6) is 0. The van der Waals surface area contributed by atoms with Crippen molar-refractivity contribution in [1.29, 1.82) is 0 Å². The molecule has 0 aliphatic rings. The molecular weight excluding hydrogens is 216 g/mol. The van der Waals surface area contributed by atoms with Gasteiger partial charge in [0, 0.05) is 19.8 Å². The quantitative estimate of drug-likeness (QED) is 0.742. The third-order valence-corrected chi connectivity index (χ3v) is 2.41. The summed E-state index contributed by atoms with van der Waals surface area (Å²) in [4.78, 5) is 0. The molecule has 0 spiro atoms. The first kappa shape index (κ1) is 11.8. The van der Waals surface area contributed by atoms with Crippen LogP contribution in [0.4, 0.5) is 0 Å². The van der Waals surface area contributed by atoms with Gasteiger partial charge < -0.3 is 5.32 Å². The molecule has 2 aromatic heterocycles. The number of rotatable bonds is 6. The fourth-order valence-electron chi connectivity index (χ4n) is 1.60. The van der Waals surface area contributed by atoms with Crippen molar-refractivity contribution >= 4 is 0 Å². The molecule has 2 rings (SSSR count). The maximum absolute atomic E-state index is 4.30. The summed E-state index contributed by atoms with van der Waals surface area (Å²) in [6.45, 7) is 4.59. The predicted octanol–water partition coefficient (Wildman–Crippen LogP) is 0.559. The first-order valence-electron chi connectivity index (χ1n) is 5.86. The van der Waals surface area contributed by atoms with Crippen LogP contribution in [0.2, 0.25) is 0 Å². The molecule has 2 aromatic rings. The second kappa shape index (κ2) is 5.58. The summed E-state index contributed by atoms with van der Waals surface area (Å²) in [6, 6.07) is 1.98. The van der Waals surface area contributed by atoms with E-state index in [9.17, 15) is 0 Å². The smallest absolute Gasteiger partial charge is 0.0964 e. The lowest BCUT2D eigenvalue weighted by atomic mass is 10.4. The van der Waals surface area contributed by atoms with Gasteiger partial charge in [0.15, 0.2) is 0 Å². The Morgan fingerprint density at radius 1 is 1.35 bits per heavy atom. The maximum Gasteiger partial charge on any atom is 0.0964 e. The van der Waals surface area contributed by atoms with Crippen molar-refractivity contribution in [2.45, 2.75) is 26.4 Å². The molecule has 0 amide bonds. The molecule has 0 saturated heterocycles. The zero-order valence-electron chi connectivity index (χ0n) is 10.3. The molecule has 0 bridgehead atoms. The third kappa shape index (κ3) is 3.39. The molecule has 6 nitrogen and oxygen atoms in total. The third-order valence-electron chi connectivity index (χ3n) is 2.41. The Hall–Kier alpha value is -1.69. The standard InChI is InChI=1S/C11H18N6/c1-3-5-12-7-11-9-17(15-13-11)8-10-4-6-16(2)14-10/h4,6,9,12H,3,5,7-8H2,1-2H3. The normalized spacial score (nSPS) is 10.9. The number of aryl methyl sites for hydroxylation is 1. The van der Waals surface area contributed by atoms with Crippen molar-refractivity contribution in [3.63, 3.8) is 0 Å². The van der Waals surface area contributed by atoms with Gasteiger partial charge in [0.2, 0.25) is 0 Å². The van der Waals surface area contributed by atoms with Gasteiger partial charge in [0.1, 0.15) is 0 Å². The highest BCUT2D eigenvalue weighted by molar-refractivity contribution is 5.00. The first-order chi connectivity index (χ1) is 8.28. The Morgan fingerprint density at radius 3 is 2.94 bits per heavy atom. The summed E-state index contributed by atoms with van der Waals surface area (Å²) in [5.41, 5.74) is 1.96. The fraction of sp³-hybridized carbons (Fsp3) is 0.545. The molecule has 0 saturated carbocycles. The molecular formula is C11H18N6. The van der Waals surface area contributed by atoms with Crippen molar-refractivity contribution in [2.75, 3.05) is 6.54 Å². The minimum Gasteiger partial charge on any atom is -0.311 e. The van der Waals surface area contributed by atoms with Crippen LogP contribution in [0.5, 0.6) is 0 Å². The Morgan fingerprint density at radius 2 is 2.24 bits per heavy atom. The van der Waals surface area contributed by atoms with Gasteiger partial charge in [-0.1, -0.05) is 12.1 Å². The second-order valence-corrected chi connectivity index (χ2v) is 4.06. The summed E-state index contributed by atoms with van der Waals surface area (Å²) in [5, 5.41) is 15.8. The highest BCUT2D eigenvalue weighted by Crippen LogP contribution is 1.99. The van der Waals surface area contributed by atoms with E-state index >= 15 is 0 Å². The van der Waals surface area contributed by atoms with E-state index in [1.165, 1.54) is 0 Å². The van der Waals surface area contributed by atoms with Gasteiger partial charge in [-0.25, -0.2) is 4.68 Å². The van der Waals surface area contributed by atoms with Crippen LogP contribution in [0, 0.1) is 0 Å². The van der Waals surface area contributed by atoms with Gasteiger partial charge in [0.05, 0.1) is 24.1 Å². The summed E-state index contributed by atoms with van der Waals surface area (Å²) in [6.07, 6.45) is 5.01. The molecule has 0 unspecified atom stereocenters. The summed E-state index contributed by atoms with van der Waals surface area (Å²) < 4.78 is 3.60. The molecule has 0 radical (unpaired) electrons. The van der Waals surface area contributed by atoms with Gasteiger partial charge in [-0.15, -0.1) is 5.10 Å². The highest BCUT2D eigenvalue weighted by atomic mass is 15.4. The monoisotopic (exact) mass is 234 g/mol. The first-order valence-corrected chi connectivity index (χ1v) is 5.86. The van der Waals surface area contributed by atoms with E-state index in [-0.39, 0.29) is 0 Å². The molecule has 0 aromatic carbocycles. The Kier molecular flexibility index (Phi) is 3.87. The Bertz CT molecular complexity index is 458. The van der Waals surface area contributed by atoms with Crippen LogP contribution >= 0.6 is 0 Å². The number of hydrogen-bond donors (Lipinski definition) is 1. The fourth-order valence-corrected chi connectivity index (χ4v) is 1.60. The SMILES string of the molecule is CCCNCc1cn(Cc2ccn(C)n2)nn1. The number of nitrogens with zero attached hydrogens (tertiary/aromatic N) is 5. The lowest BCUT2D eigenvalue weighted by Gasteiger charge is -1.97. The molecule has 92 valence electrons. The molecule has 0 atom stereocenters. The minimum atomic E-state index is 0.668. The lowest BCUT2D eigenvalue weighted by molar-refractivity contribution is 0.623. The molecule has 2 heterocycles. The van der Waals surface area contributed by atoms with Gasteiger partial charge in [0.25, 0.3) is 0 Å². The van der Waals surface area contributed by atoms with Crippen LogP contribution in [0.3, 0.4) is 0 Å². The van der Waals surface area contributed by atoms with E-state index in [1.54, 1.807) is 4.68 Å². The molecule has 0 aliphatic carbocycles. The lowest BCUT2D eigenvalue weighted by Crippen LogP contribution is -2.13. The van der Waals surface area contributed by atoms with E-state index in [4.69, 9.17) is 0 Å². The molecule has 0 fully saturated rings. The van der Waals surface area contributed by atoms with Crippen molar-refractivity contribution in [3.8, 4) is 0 Å². The average molecular weight is 234 g/mol. The van der Waals surface area contributed by atoms with E-state index in [0.29, 0.717) is 6.54 Å². The second-order valence-electron chi connectivity index (χ2n) is 4.06. The van der Waals surface area contributed by atoms with Crippen LogP contribution in [0.25, 0.3) is 0 Å². The molecule has 17 heavy (non-hydrogen) atoms. The van der Waals surface area contributed by atoms with E-state index in [1.807, 2.05) is 30.2 Å². The van der Waals surface area contributed by atoms with Crippen LogP contribution in [-0.4, -0.2) is 31.3 Å². The van der Waals surface area contributed by atoms with Crippen LogP contribution in [-0.2, 0) is 20.1 Å². The average Bonchev–Trinajstić information content (AvgIpc) is 2.90. The van der Waals surface area contributed by atoms with E-state index < -0.39 is 0 Å². The molecule has 6 heteroatoms. The number of nitrogens with one attached hydrogen (secondary N) is 1. The van der Waals surface area contributed by atoms with E-state index in [2.05, 4.69) is 27.7 Å². The Balaban J connectivity index is 1.89. The van der Waals surface area contributed by atoms with Crippen molar-refractivity contribution in [3.05, 3.63) is 29.8 Å². The largest absolute Gasteiger partial charge is 0.311 e. The zero-order chi connectivity index (χ0) is 12.1. The van der Waals surface area contributed by atoms with Crippen LogP contribution in [0.1, 0.15) is 24.7 Å². The highest BCUT2D eigenvalue weighted by Gasteiger charge is 2.02. The molecule has 0 aliphatic heterocycles. The Labute approximate surface area is 101 Å². The van der Waals surface area contributed by atoms with Gasteiger partial charge in [-0.05, 0) is 19.0 Å². The van der Waals surface area contributed by atoms with Crippen LogP contribution < -0.4 is 5.32 Å². The van der Waals surface area contributed by atoms with Gasteiger partial charge in [-0.2, -0.15) is 5.10 Å². The van der Waals surface area contributed by atoms with E-state index in [0.717, 1.165) is 30.9 Å². The van der Waals surface area contributed by atoms with Gasteiger partial charge in [-0.3, -0.25) is 4.68 Å². The van der Waals surface area contributed by atoms with Crippen LogP contribution in [0.15, 0.2) is 18.5 Å². The number of hydrogen-bond acceptors (Lipinski definition) is 4. The van der Waals surface area contributed by atoms with Crippen molar-refractivity contribution in [1.82, 2.24) is 30.1 Å². The topological polar surface area (TPSA) is 60.6 Å². The molecule has 1 N–H and O–H groups in total. The summed E-state index contributed by atoms with van der Waals surface area (Å²) >= 11 is 0. The van der Waals surface area contributed by atoms with Crippen molar-refractivity contribution in [2.24, 2.45) is 7.05 Å². The zero-order valence-corrected chi connectivity index (χ0v) is 10.3. The maximum atomic E-state index is 4.30. The summed E-state index contributed by atoms with van der Waals surface area (Å²) in [7, 11) is 1.91. The van der Waals surface area contributed by atoms with Gasteiger partial charge >= 0.3 is 0 Å². The van der Waals surface area contributed by atoms with Crippen molar-refractivity contribution < 1.29 is 0 Å². The number of aromatic nitrogens is 5. The predicted molar refractivity (Wildman–Crippen MR) is 64.3 cm³/mol.